The predicted molar refractivity (Wildman–Crippen MR) is 144 cm³/mol. The molecule has 0 radical (unpaired) electrons. The second-order valence-corrected chi connectivity index (χ2v) is 10.4. The third-order valence-electron chi connectivity index (χ3n) is 7.72. The Hall–Kier alpha value is -2.60. The van der Waals surface area contributed by atoms with Crippen LogP contribution in [0.5, 0.6) is 5.75 Å². The quantitative estimate of drug-likeness (QED) is 0.176. The third-order valence-corrected chi connectivity index (χ3v) is 7.72. The molecule has 0 saturated heterocycles. The molecule has 1 aliphatic carbocycles. The maximum absolute atomic E-state index is 12.9. The molecule has 35 heavy (non-hydrogen) atoms. The van der Waals surface area contributed by atoms with Gasteiger partial charge >= 0.3 is 5.97 Å². The summed E-state index contributed by atoms with van der Waals surface area (Å²) in [6.45, 7) is 6.66. The predicted octanol–water partition coefficient (Wildman–Crippen LogP) is 8.85. The number of nitrogens with zero attached hydrogens (tertiary/aromatic N) is 1. The Morgan fingerprint density at radius 2 is 1.69 bits per heavy atom. The molecule has 1 aliphatic rings. The van der Waals surface area contributed by atoms with E-state index in [1.165, 1.54) is 49.7 Å². The van der Waals surface area contributed by atoms with Gasteiger partial charge in [0.05, 0.1) is 11.5 Å². The van der Waals surface area contributed by atoms with Gasteiger partial charge in [0.2, 0.25) is 0 Å². The second-order valence-electron chi connectivity index (χ2n) is 10.4. The van der Waals surface area contributed by atoms with E-state index in [4.69, 9.17) is 4.74 Å². The minimum atomic E-state index is -0.185. The minimum absolute atomic E-state index is 0.0845. The monoisotopic (exact) mass is 473 g/mol. The molecule has 1 saturated carbocycles. The Bertz CT molecular complexity index is 964. The summed E-state index contributed by atoms with van der Waals surface area (Å²) in [7, 11) is 0. The van der Waals surface area contributed by atoms with E-state index in [1.54, 1.807) is 0 Å². The van der Waals surface area contributed by atoms with Crippen molar-refractivity contribution >= 4 is 5.97 Å². The van der Waals surface area contributed by atoms with E-state index in [0.717, 1.165) is 44.1 Å². The standard InChI is InChI=1S/C32H43NO2/c1-4-6-8-9-10-24(3)29-20-21-31(30(22-29)23-33)35-32(34)28-18-16-27(17-19-28)26-14-12-25(13-15-26)11-7-5-2/h12-15,20-22,24,27-28H,4-11,16-19H2,1-3H3. The van der Waals surface area contributed by atoms with Crippen molar-refractivity contribution in [3.05, 3.63) is 64.7 Å². The molecule has 188 valence electrons. The lowest BCUT2D eigenvalue weighted by Crippen LogP contribution is -2.25. The molecule has 0 bridgehead atoms. The first-order valence-corrected chi connectivity index (χ1v) is 13.9. The minimum Gasteiger partial charge on any atom is -0.425 e. The number of hydrogen-bond donors (Lipinski definition) is 0. The molecule has 0 heterocycles. The van der Waals surface area contributed by atoms with Crippen LogP contribution in [0.15, 0.2) is 42.5 Å². The van der Waals surface area contributed by atoms with Gasteiger partial charge in [-0.2, -0.15) is 5.26 Å². The highest BCUT2D eigenvalue weighted by Crippen LogP contribution is 2.37. The SMILES string of the molecule is CCCCCCC(C)c1ccc(OC(=O)C2CCC(c3ccc(CCCC)cc3)CC2)c(C#N)c1. The first-order chi connectivity index (χ1) is 17.0. The summed E-state index contributed by atoms with van der Waals surface area (Å²) in [5, 5.41) is 9.68. The Morgan fingerprint density at radius 3 is 2.34 bits per heavy atom. The van der Waals surface area contributed by atoms with E-state index >= 15 is 0 Å². The number of nitriles is 1. The largest absolute Gasteiger partial charge is 0.425 e. The zero-order chi connectivity index (χ0) is 25.0. The van der Waals surface area contributed by atoms with Crippen LogP contribution in [-0.2, 0) is 11.2 Å². The number of rotatable bonds is 12. The number of ether oxygens (including phenoxy) is 1. The lowest BCUT2D eigenvalue weighted by Gasteiger charge is -2.27. The van der Waals surface area contributed by atoms with Crippen LogP contribution in [0.4, 0.5) is 0 Å². The smallest absolute Gasteiger partial charge is 0.314 e. The van der Waals surface area contributed by atoms with Gasteiger partial charge in [0.1, 0.15) is 11.8 Å². The maximum atomic E-state index is 12.9. The molecule has 0 aliphatic heterocycles. The fourth-order valence-corrected chi connectivity index (χ4v) is 5.27. The molecule has 3 heteroatoms. The summed E-state index contributed by atoms with van der Waals surface area (Å²) in [5.41, 5.74) is 4.42. The van der Waals surface area contributed by atoms with Crippen LogP contribution < -0.4 is 4.74 Å². The molecule has 2 aromatic carbocycles. The van der Waals surface area contributed by atoms with Gasteiger partial charge in [0, 0.05) is 0 Å². The van der Waals surface area contributed by atoms with Gasteiger partial charge in [-0.1, -0.05) is 83.2 Å². The number of aryl methyl sites for hydroxylation is 1. The Morgan fingerprint density at radius 1 is 0.971 bits per heavy atom. The summed E-state index contributed by atoms with van der Waals surface area (Å²) in [6.07, 6.45) is 13.4. The molecule has 1 fully saturated rings. The van der Waals surface area contributed by atoms with Crippen LogP contribution >= 0.6 is 0 Å². The maximum Gasteiger partial charge on any atom is 0.314 e. The molecule has 2 aromatic rings. The van der Waals surface area contributed by atoms with Crippen LogP contribution in [0.1, 0.15) is 125 Å². The molecule has 0 spiro atoms. The van der Waals surface area contributed by atoms with Crippen molar-refractivity contribution < 1.29 is 9.53 Å². The lowest BCUT2D eigenvalue weighted by molar-refractivity contribution is -0.140. The Kier molecular flexibility index (Phi) is 10.9. The van der Waals surface area contributed by atoms with E-state index in [1.807, 2.05) is 18.2 Å². The Labute approximate surface area is 212 Å². The van der Waals surface area contributed by atoms with Crippen LogP contribution in [0, 0.1) is 17.2 Å². The van der Waals surface area contributed by atoms with Crippen LogP contribution in [-0.4, -0.2) is 5.97 Å². The fraction of sp³-hybridized carbons (Fsp3) is 0.562. The van der Waals surface area contributed by atoms with Gasteiger partial charge in [-0.15, -0.1) is 0 Å². The average Bonchev–Trinajstić information content (AvgIpc) is 2.90. The average molecular weight is 474 g/mol. The first kappa shape index (κ1) is 27.0. The summed E-state index contributed by atoms with van der Waals surface area (Å²) in [6, 6.07) is 17.1. The molecule has 0 N–H and O–H groups in total. The summed E-state index contributed by atoms with van der Waals surface area (Å²) in [4.78, 5) is 12.9. The van der Waals surface area contributed by atoms with Crippen molar-refractivity contribution in [2.24, 2.45) is 5.92 Å². The van der Waals surface area contributed by atoms with Crippen LogP contribution in [0.2, 0.25) is 0 Å². The zero-order valence-electron chi connectivity index (χ0n) is 22.0. The number of unbranched alkanes of at least 4 members (excludes halogenated alkanes) is 4. The summed E-state index contributed by atoms with van der Waals surface area (Å²) >= 11 is 0. The van der Waals surface area contributed by atoms with E-state index < -0.39 is 0 Å². The van der Waals surface area contributed by atoms with Crippen LogP contribution in [0.25, 0.3) is 0 Å². The third kappa shape index (κ3) is 7.96. The molecule has 0 aromatic heterocycles. The molecule has 1 atom stereocenters. The van der Waals surface area contributed by atoms with Gasteiger partial charge in [0.25, 0.3) is 0 Å². The van der Waals surface area contributed by atoms with Crippen molar-refractivity contribution in [1.29, 1.82) is 5.26 Å². The molecule has 3 rings (SSSR count). The first-order valence-electron chi connectivity index (χ1n) is 13.9. The summed E-state index contributed by atoms with van der Waals surface area (Å²) < 4.78 is 5.76. The molecule has 3 nitrogen and oxygen atoms in total. The molecular formula is C32H43NO2. The Balaban J connectivity index is 1.52. The van der Waals surface area contributed by atoms with Crippen molar-refractivity contribution in [2.75, 3.05) is 0 Å². The number of hydrogen-bond acceptors (Lipinski definition) is 3. The van der Waals surface area contributed by atoms with E-state index in [0.29, 0.717) is 23.1 Å². The van der Waals surface area contributed by atoms with E-state index in [9.17, 15) is 10.1 Å². The van der Waals surface area contributed by atoms with Gasteiger partial charge in [-0.3, -0.25) is 4.79 Å². The van der Waals surface area contributed by atoms with Gasteiger partial charge in [-0.05, 0) is 85.6 Å². The second kappa shape index (κ2) is 14.1. The highest BCUT2D eigenvalue weighted by Gasteiger charge is 2.29. The van der Waals surface area contributed by atoms with E-state index in [-0.39, 0.29) is 11.9 Å². The van der Waals surface area contributed by atoms with Crippen molar-refractivity contribution in [3.63, 3.8) is 0 Å². The number of carbonyl (C=O) groups is 1. The van der Waals surface area contributed by atoms with Crippen molar-refractivity contribution in [2.45, 2.75) is 110 Å². The van der Waals surface area contributed by atoms with Crippen molar-refractivity contribution in [1.82, 2.24) is 0 Å². The van der Waals surface area contributed by atoms with E-state index in [2.05, 4.69) is 51.1 Å². The lowest BCUT2D eigenvalue weighted by atomic mass is 9.78. The highest BCUT2D eigenvalue weighted by atomic mass is 16.5. The molecule has 0 amide bonds. The molecular weight excluding hydrogens is 430 g/mol. The van der Waals surface area contributed by atoms with Crippen molar-refractivity contribution in [3.8, 4) is 11.8 Å². The normalized spacial score (nSPS) is 18.6. The molecule has 1 unspecified atom stereocenters. The number of esters is 1. The van der Waals surface area contributed by atoms with Crippen LogP contribution in [0.3, 0.4) is 0 Å². The summed E-state index contributed by atoms with van der Waals surface area (Å²) in [5.74, 6) is 1.06. The highest BCUT2D eigenvalue weighted by molar-refractivity contribution is 5.76. The van der Waals surface area contributed by atoms with Gasteiger partial charge < -0.3 is 4.74 Å². The number of carbonyl (C=O) groups excluding carboxylic acids is 1. The topological polar surface area (TPSA) is 50.1 Å². The van der Waals surface area contributed by atoms with Gasteiger partial charge in [-0.25, -0.2) is 0 Å². The fourth-order valence-electron chi connectivity index (χ4n) is 5.27. The zero-order valence-corrected chi connectivity index (χ0v) is 22.0. The number of benzene rings is 2. The van der Waals surface area contributed by atoms with Gasteiger partial charge in [0.15, 0.2) is 0 Å².